The molecule has 2 aliphatic heterocycles. The van der Waals surface area contributed by atoms with Crippen LogP contribution in [0.15, 0.2) is 0 Å². The predicted molar refractivity (Wildman–Crippen MR) is 142 cm³/mol. The molecule has 2 fully saturated rings. The van der Waals surface area contributed by atoms with Gasteiger partial charge in [-0.1, -0.05) is 35.7 Å². The van der Waals surface area contributed by atoms with Gasteiger partial charge in [-0.25, -0.2) is 9.59 Å². The number of carbonyl (C=O) groups is 2. The molecule has 10 heteroatoms. The van der Waals surface area contributed by atoms with Crippen molar-refractivity contribution in [2.75, 3.05) is 0 Å². The minimum Gasteiger partial charge on any atom is -0.393 e. The molecule has 2 heterocycles. The summed E-state index contributed by atoms with van der Waals surface area (Å²) < 4.78 is 0. The van der Waals surface area contributed by atoms with Crippen LogP contribution in [0.5, 0.6) is 0 Å². The zero-order valence-electron chi connectivity index (χ0n) is 24.9. The number of unbranched alkanes of at least 4 members (excludes halogenated alkanes) is 5. The summed E-state index contributed by atoms with van der Waals surface area (Å²) in [5.74, 6) is -0.805. The summed E-state index contributed by atoms with van der Waals surface area (Å²) in [6.45, 7) is 15.7. The van der Waals surface area contributed by atoms with Gasteiger partial charge in [0.15, 0.2) is 0 Å². The Labute approximate surface area is 228 Å². The number of piperidine rings is 2. The maximum atomic E-state index is 12.2. The third-order valence-electron chi connectivity index (χ3n) is 7.56. The molecule has 38 heavy (non-hydrogen) atoms. The third kappa shape index (κ3) is 9.71. The van der Waals surface area contributed by atoms with Crippen LogP contribution in [0.2, 0.25) is 0 Å². The van der Waals surface area contributed by atoms with E-state index in [0.717, 1.165) is 25.7 Å². The van der Waals surface area contributed by atoms with E-state index in [0.29, 0.717) is 38.5 Å². The molecule has 0 spiro atoms. The maximum absolute atomic E-state index is 12.2. The quantitative estimate of drug-likeness (QED) is 0.188. The topological polar surface area (TPSA) is 118 Å². The molecular weight excluding hydrogens is 492 g/mol. The molecule has 0 aromatic carbocycles. The Morgan fingerprint density at radius 2 is 0.842 bits per heavy atom. The Bertz CT molecular complexity index is 683. The van der Waals surface area contributed by atoms with Crippen molar-refractivity contribution in [3.05, 3.63) is 0 Å². The van der Waals surface area contributed by atoms with E-state index < -0.39 is 46.3 Å². The molecule has 2 aliphatic rings. The lowest BCUT2D eigenvalue weighted by atomic mass is 9.80. The van der Waals surface area contributed by atoms with Crippen LogP contribution in [-0.2, 0) is 29.3 Å². The van der Waals surface area contributed by atoms with Crippen molar-refractivity contribution in [1.82, 2.24) is 10.1 Å². The van der Waals surface area contributed by atoms with Gasteiger partial charge in [0.1, 0.15) is 0 Å². The first-order valence-corrected chi connectivity index (χ1v) is 14.2. The summed E-state index contributed by atoms with van der Waals surface area (Å²) >= 11 is 0. The smallest absolute Gasteiger partial charge is 0.344 e. The Balaban J connectivity index is 1.54. The number of rotatable bonds is 13. The first kappa shape index (κ1) is 32.9. The van der Waals surface area contributed by atoms with Crippen molar-refractivity contribution in [2.45, 2.75) is 167 Å². The lowest BCUT2D eigenvalue weighted by molar-refractivity contribution is -0.453. The molecular formula is C28H52N2O8. The van der Waals surface area contributed by atoms with Crippen LogP contribution in [0.1, 0.15) is 132 Å². The molecule has 0 unspecified atom stereocenters. The first-order chi connectivity index (χ1) is 17.5. The second-order valence-corrected chi connectivity index (χ2v) is 13.6. The number of hydrogen-bond donors (Lipinski definition) is 2. The van der Waals surface area contributed by atoms with Gasteiger partial charge in [0.05, 0.1) is 12.2 Å². The highest BCUT2D eigenvalue weighted by Gasteiger charge is 2.48. The number of hydrogen-bond acceptors (Lipinski definition) is 10. The largest absolute Gasteiger partial charge is 0.393 e. The van der Waals surface area contributed by atoms with Crippen molar-refractivity contribution in [3.8, 4) is 0 Å². The van der Waals surface area contributed by atoms with Crippen LogP contribution < -0.4 is 0 Å². The molecule has 0 aromatic rings. The van der Waals surface area contributed by atoms with Gasteiger partial charge in [-0.2, -0.15) is 0 Å². The van der Waals surface area contributed by atoms with Gasteiger partial charge in [0.2, 0.25) is 0 Å². The van der Waals surface area contributed by atoms with E-state index >= 15 is 0 Å². The number of nitrogens with zero attached hydrogens (tertiary/aromatic N) is 2. The van der Waals surface area contributed by atoms with Gasteiger partial charge >= 0.3 is 11.9 Å². The second-order valence-electron chi connectivity index (χ2n) is 13.6. The predicted octanol–water partition coefficient (Wildman–Crippen LogP) is 4.91. The highest BCUT2D eigenvalue weighted by atomic mass is 17.3. The molecule has 2 saturated heterocycles. The lowest BCUT2D eigenvalue weighted by Crippen LogP contribution is -2.61. The van der Waals surface area contributed by atoms with Crippen molar-refractivity contribution in [1.29, 1.82) is 0 Å². The lowest BCUT2D eigenvalue weighted by Gasteiger charge is -2.50. The molecule has 2 N–H and O–H groups in total. The average molecular weight is 545 g/mol. The Hall–Kier alpha value is -1.30. The molecule has 222 valence electrons. The fourth-order valence-corrected chi connectivity index (χ4v) is 6.31. The van der Waals surface area contributed by atoms with E-state index in [-0.39, 0.29) is 12.8 Å². The third-order valence-corrected chi connectivity index (χ3v) is 7.56. The fourth-order valence-electron chi connectivity index (χ4n) is 6.31. The highest BCUT2D eigenvalue weighted by Crippen LogP contribution is 2.39. The number of hydroxylamine groups is 4. The highest BCUT2D eigenvalue weighted by molar-refractivity contribution is 5.68. The Morgan fingerprint density at radius 3 is 1.13 bits per heavy atom. The summed E-state index contributed by atoms with van der Waals surface area (Å²) in [5.41, 5.74) is -1.82. The number of carbonyl (C=O) groups excluding carboxylic acids is 2. The molecule has 0 aliphatic carbocycles. The SMILES string of the molecule is CC1(C)CC(O)CC(C)(C)N1OOC(=O)CCCCCCCCC(=O)OON1C(C)(C)CC(O)CC1(C)C. The zero-order chi connectivity index (χ0) is 28.8. The molecule has 0 saturated carbocycles. The minimum atomic E-state index is -0.454. The zero-order valence-corrected chi connectivity index (χ0v) is 24.9. The standard InChI is InChI=1S/C28H52N2O8/c1-25(2)17-21(31)18-26(3,4)29(25)37-35-23(33)15-13-11-9-10-12-14-16-24(34)36-38-30-27(5,6)19-22(32)20-28(30,7)8/h21-22,31-32H,9-20H2,1-8H3. The van der Waals surface area contributed by atoms with E-state index in [2.05, 4.69) is 0 Å². The van der Waals surface area contributed by atoms with E-state index in [4.69, 9.17) is 19.8 Å². The summed E-state index contributed by atoms with van der Waals surface area (Å²) in [5, 5.41) is 23.6. The summed E-state index contributed by atoms with van der Waals surface area (Å²) in [6, 6.07) is 0. The van der Waals surface area contributed by atoms with E-state index in [1.807, 2.05) is 55.4 Å². The van der Waals surface area contributed by atoms with Crippen molar-refractivity contribution in [2.24, 2.45) is 0 Å². The molecule has 10 nitrogen and oxygen atoms in total. The van der Waals surface area contributed by atoms with Crippen LogP contribution in [-0.4, -0.2) is 66.6 Å². The van der Waals surface area contributed by atoms with Crippen molar-refractivity contribution < 1.29 is 39.6 Å². The molecule has 0 radical (unpaired) electrons. The van der Waals surface area contributed by atoms with Crippen molar-refractivity contribution in [3.63, 3.8) is 0 Å². The maximum Gasteiger partial charge on any atom is 0.344 e. The van der Waals surface area contributed by atoms with Gasteiger partial charge in [-0.15, -0.1) is 10.1 Å². The molecule has 0 amide bonds. The van der Waals surface area contributed by atoms with Gasteiger partial charge in [0, 0.05) is 35.0 Å². The van der Waals surface area contributed by atoms with Gasteiger partial charge in [-0.05, 0) is 93.9 Å². The van der Waals surface area contributed by atoms with Crippen LogP contribution in [0, 0.1) is 0 Å². The van der Waals surface area contributed by atoms with Crippen LogP contribution >= 0.6 is 0 Å². The van der Waals surface area contributed by atoms with Gasteiger partial charge < -0.3 is 10.2 Å². The minimum absolute atomic E-state index is 0.279. The van der Waals surface area contributed by atoms with E-state index in [1.165, 1.54) is 0 Å². The first-order valence-electron chi connectivity index (χ1n) is 14.2. The molecule has 0 bridgehead atoms. The van der Waals surface area contributed by atoms with E-state index in [9.17, 15) is 19.8 Å². The fraction of sp³-hybridized carbons (Fsp3) is 0.929. The molecule has 0 aromatic heterocycles. The van der Waals surface area contributed by atoms with Crippen LogP contribution in [0.4, 0.5) is 0 Å². The van der Waals surface area contributed by atoms with Crippen LogP contribution in [0.3, 0.4) is 0 Å². The average Bonchev–Trinajstić information content (AvgIpc) is 2.71. The van der Waals surface area contributed by atoms with Gasteiger partial charge in [-0.3, -0.25) is 9.78 Å². The molecule has 0 atom stereocenters. The number of aliphatic hydroxyl groups excluding tert-OH is 2. The van der Waals surface area contributed by atoms with Crippen molar-refractivity contribution >= 4 is 11.9 Å². The van der Waals surface area contributed by atoms with Crippen LogP contribution in [0.25, 0.3) is 0 Å². The molecule has 2 rings (SSSR count). The summed E-state index contributed by atoms with van der Waals surface area (Å²) in [7, 11) is 0. The summed E-state index contributed by atoms with van der Waals surface area (Å²) in [4.78, 5) is 45.4. The number of aliphatic hydroxyl groups is 2. The van der Waals surface area contributed by atoms with Gasteiger partial charge in [0.25, 0.3) is 0 Å². The van der Waals surface area contributed by atoms with E-state index in [1.54, 1.807) is 10.1 Å². The normalized spacial score (nSPS) is 23.7. The monoisotopic (exact) mass is 544 g/mol. The Morgan fingerprint density at radius 1 is 0.579 bits per heavy atom. The second kappa shape index (κ2) is 13.4. The Kier molecular flexibility index (Phi) is 11.6. The summed E-state index contributed by atoms with van der Waals surface area (Å²) in [6.07, 6.45) is 7.01.